The number of carbonyl (C=O) groups excluding carboxylic acids is 4. The van der Waals surface area contributed by atoms with Gasteiger partial charge in [-0.2, -0.15) is 0 Å². The van der Waals surface area contributed by atoms with Crippen LogP contribution in [0.4, 0.5) is 5.69 Å². The van der Waals surface area contributed by atoms with Gasteiger partial charge in [0.2, 0.25) is 11.6 Å². The molecule has 12 heteroatoms. The monoisotopic (exact) mass is 562 g/mol. The first-order valence-electron chi connectivity index (χ1n) is 13.3. The fourth-order valence-electron chi connectivity index (χ4n) is 5.24. The molecule has 41 heavy (non-hydrogen) atoms. The second-order valence-electron chi connectivity index (χ2n) is 9.97. The van der Waals surface area contributed by atoms with Gasteiger partial charge in [0.25, 0.3) is 5.69 Å². The van der Waals surface area contributed by atoms with Gasteiger partial charge in [0, 0.05) is 60.3 Å². The maximum Gasteiger partial charge on any atom is 0.331 e. The first kappa shape index (κ1) is 29.2. The van der Waals surface area contributed by atoms with Gasteiger partial charge in [-0.3, -0.25) is 19.7 Å². The largest absolute Gasteiger partial charge is 0.338 e. The summed E-state index contributed by atoms with van der Waals surface area (Å²) in [6.07, 6.45) is 4.53. The van der Waals surface area contributed by atoms with Crippen molar-refractivity contribution in [3.8, 4) is 0 Å². The third-order valence-electron chi connectivity index (χ3n) is 7.17. The normalized spacial score (nSPS) is 14.7. The molecule has 4 rings (SSSR count). The molecule has 214 valence electrons. The minimum atomic E-state index is -0.707. The highest BCUT2D eigenvalue weighted by Gasteiger charge is 2.29. The highest BCUT2D eigenvalue weighted by atomic mass is 16.7. The molecule has 0 spiro atoms. The van der Waals surface area contributed by atoms with Crippen molar-refractivity contribution in [2.75, 3.05) is 0 Å². The van der Waals surface area contributed by atoms with Crippen molar-refractivity contribution < 1.29 is 33.8 Å². The van der Waals surface area contributed by atoms with Gasteiger partial charge in [-0.1, -0.05) is 36.5 Å². The van der Waals surface area contributed by atoms with Crippen molar-refractivity contribution >= 4 is 62.4 Å². The van der Waals surface area contributed by atoms with Crippen LogP contribution in [-0.2, 0) is 26.3 Å². The number of aromatic nitrogens is 1. The minimum Gasteiger partial charge on any atom is -0.338 e. The predicted molar refractivity (Wildman–Crippen MR) is 151 cm³/mol. The third kappa shape index (κ3) is 6.06. The van der Waals surface area contributed by atoms with E-state index in [1.165, 1.54) is 19.1 Å². The van der Waals surface area contributed by atoms with Crippen LogP contribution >= 0.6 is 0 Å². The first-order valence-corrected chi connectivity index (χ1v) is 13.3. The van der Waals surface area contributed by atoms with Gasteiger partial charge in [0.05, 0.1) is 4.92 Å². The van der Waals surface area contributed by atoms with E-state index in [4.69, 9.17) is 4.84 Å². The minimum absolute atomic E-state index is 0.0134. The summed E-state index contributed by atoms with van der Waals surface area (Å²) in [4.78, 5) is 70.7. The smallest absolute Gasteiger partial charge is 0.331 e. The predicted octanol–water partition coefficient (Wildman–Crippen LogP) is 5.43. The molecule has 1 aliphatic carbocycles. The molecule has 1 aromatic heterocycles. The second-order valence-corrected chi connectivity index (χ2v) is 9.97. The van der Waals surface area contributed by atoms with Gasteiger partial charge >= 0.3 is 11.9 Å². The Labute approximate surface area is 235 Å². The molecule has 0 atom stereocenters. The fraction of sp³-hybridized carbons (Fsp3) is 0.379. The number of nitro benzene ring substituents is 1. The van der Waals surface area contributed by atoms with Crippen molar-refractivity contribution in [1.29, 1.82) is 0 Å². The van der Waals surface area contributed by atoms with E-state index in [0.717, 1.165) is 39.0 Å². The number of nitro groups is 1. The number of Topliss-reactive ketones (excluding diaryl/α,β-unsaturated/α-hetero) is 2. The molecule has 0 bridgehead atoms. The quantitative estimate of drug-likeness (QED) is 0.110. The Balaban J connectivity index is 1.89. The number of carbonyl (C=O) groups is 4. The van der Waals surface area contributed by atoms with E-state index in [1.54, 1.807) is 36.7 Å². The van der Waals surface area contributed by atoms with Crippen molar-refractivity contribution in [3.05, 3.63) is 51.6 Å². The lowest BCUT2D eigenvalue weighted by Crippen LogP contribution is -2.27. The van der Waals surface area contributed by atoms with Gasteiger partial charge in [-0.15, -0.1) is 0 Å². The summed E-state index contributed by atoms with van der Waals surface area (Å²) >= 11 is 0. The Morgan fingerprint density at radius 1 is 0.927 bits per heavy atom. The number of non-ortho nitro benzene ring substituents is 1. The van der Waals surface area contributed by atoms with E-state index in [2.05, 4.69) is 15.1 Å². The van der Waals surface area contributed by atoms with Gasteiger partial charge in [-0.25, -0.2) is 9.59 Å². The zero-order chi connectivity index (χ0) is 29.8. The molecule has 2 aromatic carbocycles. The number of aryl methyl sites for hydroxylation is 1. The molecule has 1 fully saturated rings. The summed E-state index contributed by atoms with van der Waals surface area (Å²) in [6.45, 7) is 4.00. The number of hydrogen-bond acceptors (Lipinski definition) is 10. The summed E-state index contributed by atoms with van der Waals surface area (Å²) in [6, 6.07) is 7.57. The van der Waals surface area contributed by atoms with Gasteiger partial charge < -0.3 is 14.2 Å². The van der Waals surface area contributed by atoms with E-state index < -0.39 is 28.4 Å². The van der Waals surface area contributed by atoms with Crippen LogP contribution in [0.25, 0.3) is 21.8 Å². The van der Waals surface area contributed by atoms with Crippen molar-refractivity contribution in [3.63, 3.8) is 0 Å². The van der Waals surface area contributed by atoms with Crippen LogP contribution in [0.2, 0.25) is 0 Å². The Morgan fingerprint density at radius 3 is 2.17 bits per heavy atom. The van der Waals surface area contributed by atoms with Crippen molar-refractivity contribution in [2.45, 2.75) is 59.3 Å². The third-order valence-corrected chi connectivity index (χ3v) is 7.17. The van der Waals surface area contributed by atoms with Crippen LogP contribution in [0.15, 0.2) is 40.6 Å². The zero-order valence-electron chi connectivity index (χ0n) is 23.3. The topological polar surface area (TPSA) is 160 Å². The molecule has 0 unspecified atom stereocenters. The summed E-state index contributed by atoms with van der Waals surface area (Å²) in [5.74, 6) is -2.53. The maximum atomic E-state index is 13.7. The van der Waals surface area contributed by atoms with E-state index in [0.29, 0.717) is 16.3 Å². The lowest BCUT2D eigenvalue weighted by atomic mass is 9.83. The molecular formula is C29H30N4O8. The average Bonchev–Trinajstić information content (AvgIpc) is 3.23. The van der Waals surface area contributed by atoms with Gasteiger partial charge in [-0.05, 0) is 43.5 Å². The molecular weight excluding hydrogens is 532 g/mol. The van der Waals surface area contributed by atoms with Crippen molar-refractivity contribution in [2.24, 2.45) is 23.3 Å². The molecule has 1 aliphatic rings. The molecule has 1 saturated carbocycles. The Morgan fingerprint density at radius 2 is 1.56 bits per heavy atom. The molecule has 0 aliphatic heterocycles. The van der Waals surface area contributed by atoms with Gasteiger partial charge in [0.15, 0.2) is 0 Å². The van der Waals surface area contributed by atoms with E-state index >= 15 is 0 Å². The Bertz CT molecular complexity index is 1640. The molecule has 1 heterocycles. The van der Waals surface area contributed by atoms with Gasteiger partial charge in [0.1, 0.15) is 16.9 Å². The van der Waals surface area contributed by atoms with E-state index in [1.807, 2.05) is 0 Å². The van der Waals surface area contributed by atoms with Crippen LogP contribution in [0.3, 0.4) is 0 Å². The van der Waals surface area contributed by atoms with Crippen LogP contribution in [0.1, 0.15) is 80.0 Å². The molecule has 3 aromatic rings. The maximum absolute atomic E-state index is 13.7. The van der Waals surface area contributed by atoms with Crippen LogP contribution in [-0.4, -0.2) is 44.4 Å². The first-order chi connectivity index (χ1) is 19.5. The lowest BCUT2D eigenvalue weighted by molar-refractivity contribution is -0.383. The summed E-state index contributed by atoms with van der Waals surface area (Å²) < 4.78 is 1.63. The number of fused-ring (bicyclic) bond motifs is 3. The molecule has 0 N–H and O–H groups in total. The molecule has 12 nitrogen and oxygen atoms in total. The van der Waals surface area contributed by atoms with Crippen LogP contribution < -0.4 is 0 Å². The summed E-state index contributed by atoms with van der Waals surface area (Å²) in [5, 5.41) is 20.6. The van der Waals surface area contributed by atoms with E-state index in [-0.39, 0.29) is 46.1 Å². The molecule has 0 amide bonds. The Hall–Kier alpha value is -4.74. The zero-order valence-corrected chi connectivity index (χ0v) is 23.3. The number of ketones is 2. The second kappa shape index (κ2) is 12.2. The Kier molecular flexibility index (Phi) is 8.70. The lowest BCUT2D eigenvalue weighted by Gasteiger charge is -2.22. The highest BCUT2D eigenvalue weighted by Crippen LogP contribution is 2.36. The number of rotatable bonds is 9. The number of hydrogen-bond donors (Lipinski definition) is 0. The molecule has 0 radical (unpaired) electrons. The standard InChI is InChI=1S/C29H30N4O8/c1-5-23(30-40-16(2)34)28(36)20-14-22-21-13-19(11-12-24(21)32(4)27(22)25(15-20)33(38)39)29(37)26(31-41-17(3)35)18-9-7-6-8-10-18/h11-15,18H,5-10H2,1-4H3/b30-23+,31-26+. The number of benzene rings is 2. The number of oxime groups is 2. The highest BCUT2D eigenvalue weighted by molar-refractivity contribution is 6.47. The van der Waals surface area contributed by atoms with Crippen LogP contribution in [0, 0.1) is 16.0 Å². The summed E-state index contributed by atoms with van der Waals surface area (Å²) in [5.41, 5.74) is 0.901. The number of nitrogens with zero attached hydrogens (tertiary/aromatic N) is 4. The van der Waals surface area contributed by atoms with E-state index in [9.17, 15) is 29.3 Å². The fourth-order valence-corrected chi connectivity index (χ4v) is 5.24. The molecule has 0 saturated heterocycles. The SMILES string of the molecule is CC/C(=N\OC(C)=O)C(=O)c1cc([N+](=O)[O-])c2c(c1)c1cc(C(=O)/C(=N/OC(C)=O)C3CCCCC3)ccc1n2C. The average molecular weight is 563 g/mol. The van der Waals surface area contributed by atoms with Crippen molar-refractivity contribution in [1.82, 2.24) is 4.57 Å². The van der Waals surface area contributed by atoms with Crippen LogP contribution in [0.5, 0.6) is 0 Å². The summed E-state index contributed by atoms with van der Waals surface area (Å²) in [7, 11) is 1.66.